The SMILES string of the molecule is Cc1[nH]c(-c2ccccc2)cc1C(=O)C(=O)N1CCN(c2cccc(OCC(=O)O)c2)CC1. The molecule has 8 heteroatoms. The van der Waals surface area contributed by atoms with Gasteiger partial charge in [0.05, 0.1) is 0 Å². The minimum Gasteiger partial charge on any atom is -0.482 e. The number of Topliss-reactive ketones (excluding diaryl/α,β-unsaturated/α-hetero) is 1. The highest BCUT2D eigenvalue weighted by Gasteiger charge is 2.29. The molecule has 1 aliphatic heterocycles. The molecule has 8 nitrogen and oxygen atoms in total. The molecule has 0 radical (unpaired) electrons. The molecule has 1 saturated heterocycles. The molecule has 0 saturated carbocycles. The summed E-state index contributed by atoms with van der Waals surface area (Å²) in [5.41, 5.74) is 3.70. The number of amides is 1. The number of anilines is 1. The number of carbonyl (C=O) groups excluding carboxylic acids is 2. The molecule has 0 atom stereocenters. The van der Waals surface area contributed by atoms with Crippen molar-refractivity contribution in [1.29, 1.82) is 0 Å². The van der Waals surface area contributed by atoms with Crippen LogP contribution in [0.3, 0.4) is 0 Å². The van der Waals surface area contributed by atoms with Gasteiger partial charge in [-0.15, -0.1) is 0 Å². The summed E-state index contributed by atoms with van der Waals surface area (Å²) >= 11 is 0. The largest absolute Gasteiger partial charge is 0.482 e. The molecule has 1 aliphatic rings. The third kappa shape index (κ3) is 5.06. The van der Waals surface area contributed by atoms with Gasteiger partial charge in [-0.05, 0) is 30.7 Å². The molecule has 0 bridgehead atoms. The van der Waals surface area contributed by atoms with Gasteiger partial charge in [-0.25, -0.2) is 4.79 Å². The van der Waals surface area contributed by atoms with Crippen LogP contribution in [0, 0.1) is 6.92 Å². The lowest BCUT2D eigenvalue weighted by Gasteiger charge is -2.35. The van der Waals surface area contributed by atoms with Crippen LogP contribution >= 0.6 is 0 Å². The molecule has 2 aromatic carbocycles. The lowest BCUT2D eigenvalue weighted by atomic mass is 10.1. The Morgan fingerprint density at radius 3 is 2.39 bits per heavy atom. The van der Waals surface area contributed by atoms with E-state index in [1.807, 2.05) is 36.4 Å². The van der Waals surface area contributed by atoms with Crippen LogP contribution in [0.25, 0.3) is 11.3 Å². The standard InChI is InChI=1S/C25H25N3O5/c1-17-21(15-22(26-17)18-6-3-2-4-7-18)24(31)25(32)28-12-10-27(11-13-28)19-8-5-9-20(14-19)33-16-23(29)30/h2-9,14-15,26H,10-13,16H2,1H3,(H,29,30). The normalized spacial score (nSPS) is 13.6. The molecule has 1 aromatic heterocycles. The van der Waals surface area contributed by atoms with Crippen molar-refractivity contribution in [2.45, 2.75) is 6.92 Å². The van der Waals surface area contributed by atoms with E-state index in [9.17, 15) is 14.4 Å². The predicted molar refractivity (Wildman–Crippen MR) is 124 cm³/mol. The number of rotatable bonds is 7. The van der Waals surface area contributed by atoms with E-state index >= 15 is 0 Å². The zero-order valence-electron chi connectivity index (χ0n) is 18.3. The molecule has 4 rings (SSSR count). The van der Waals surface area contributed by atoms with Gasteiger partial charge >= 0.3 is 5.97 Å². The number of aryl methyl sites for hydroxylation is 1. The number of ether oxygens (including phenoxy) is 1. The Hall–Kier alpha value is -4.07. The van der Waals surface area contributed by atoms with Gasteiger partial charge in [-0.1, -0.05) is 36.4 Å². The first-order valence-electron chi connectivity index (χ1n) is 10.7. The summed E-state index contributed by atoms with van der Waals surface area (Å²) in [6.45, 7) is 3.34. The minimum atomic E-state index is -1.04. The van der Waals surface area contributed by atoms with Crippen molar-refractivity contribution in [3.8, 4) is 17.0 Å². The number of carboxylic acid groups (broad SMARTS) is 1. The van der Waals surface area contributed by atoms with Crippen molar-refractivity contribution < 1.29 is 24.2 Å². The summed E-state index contributed by atoms with van der Waals surface area (Å²) in [7, 11) is 0. The number of hydrogen-bond donors (Lipinski definition) is 2. The number of aliphatic carboxylic acids is 1. The fourth-order valence-electron chi connectivity index (χ4n) is 3.91. The maximum Gasteiger partial charge on any atom is 0.341 e. The Balaban J connectivity index is 1.39. The van der Waals surface area contributed by atoms with E-state index in [1.54, 1.807) is 36.1 Å². The highest BCUT2D eigenvalue weighted by Crippen LogP contribution is 2.24. The molecule has 1 fully saturated rings. The Kier molecular flexibility index (Phi) is 6.44. The Labute approximate surface area is 191 Å². The van der Waals surface area contributed by atoms with Crippen LogP contribution in [0.1, 0.15) is 16.1 Å². The third-order valence-corrected chi connectivity index (χ3v) is 5.65. The minimum absolute atomic E-state index is 0.393. The predicted octanol–water partition coefficient (Wildman–Crippen LogP) is 2.99. The lowest BCUT2D eigenvalue weighted by Crippen LogP contribution is -2.50. The monoisotopic (exact) mass is 447 g/mol. The number of benzene rings is 2. The van der Waals surface area contributed by atoms with Gasteiger partial charge in [-0.2, -0.15) is 0 Å². The van der Waals surface area contributed by atoms with Crippen molar-refractivity contribution in [1.82, 2.24) is 9.88 Å². The van der Waals surface area contributed by atoms with Gasteiger partial charge in [0.15, 0.2) is 6.61 Å². The Bertz CT molecular complexity index is 1160. The van der Waals surface area contributed by atoms with Crippen molar-refractivity contribution in [2.75, 3.05) is 37.7 Å². The molecule has 0 spiro atoms. The number of hydrogen-bond acceptors (Lipinski definition) is 5. The van der Waals surface area contributed by atoms with Crippen LogP contribution in [0.5, 0.6) is 5.75 Å². The van der Waals surface area contributed by atoms with E-state index in [4.69, 9.17) is 9.84 Å². The lowest BCUT2D eigenvalue weighted by molar-refractivity contribution is -0.139. The van der Waals surface area contributed by atoms with Gasteiger partial charge in [0, 0.05) is 54.9 Å². The van der Waals surface area contributed by atoms with E-state index in [0.717, 1.165) is 16.9 Å². The van der Waals surface area contributed by atoms with Crippen LogP contribution in [-0.4, -0.2) is 65.4 Å². The Morgan fingerprint density at radius 2 is 1.70 bits per heavy atom. The maximum absolute atomic E-state index is 12.9. The quantitative estimate of drug-likeness (QED) is 0.426. The number of nitrogens with one attached hydrogen (secondary N) is 1. The number of ketones is 1. The van der Waals surface area contributed by atoms with Crippen molar-refractivity contribution in [3.05, 3.63) is 71.9 Å². The van der Waals surface area contributed by atoms with Gasteiger partial charge in [0.1, 0.15) is 5.75 Å². The molecule has 0 aliphatic carbocycles. The first kappa shape index (κ1) is 22.1. The Morgan fingerprint density at radius 1 is 0.970 bits per heavy atom. The van der Waals surface area contributed by atoms with Gasteiger partial charge in [0.25, 0.3) is 11.7 Å². The second-order valence-electron chi connectivity index (χ2n) is 7.88. The summed E-state index contributed by atoms with van der Waals surface area (Å²) < 4.78 is 5.25. The second kappa shape index (κ2) is 9.60. The van der Waals surface area contributed by atoms with Gasteiger partial charge in [-0.3, -0.25) is 9.59 Å². The number of nitrogens with zero attached hydrogens (tertiary/aromatic N) is 2. The molecule has 170 valence electrons. The topological polar surface area (TPSA) is 103 Å². The van der Waals surface area contributed by atoms with Crippen molar-refractivity contribution in [3.63, 3.8) is 0 Å². The van der Waals surface area contributed by atoms with E-state index in [2.05, 4.69) is 9.88 Å². The number of aromatic nitrogens is 1. The number of piperazine rings is 1. The van der Waals surface area contributed by atoms with Crippen molar-refractivity contribution in [2.24, 2.45) is 0 Å². The summed E-state index contributed by atoms with van der Waals surface area (Å²) in [4.78, 5) is 43.4. The van der Waals surface area contributed by atoms with E-state index in [1.165, 1.54) is 0 Å². The first-order valence-corrected chi connectivity index (χ1v) is 10.7. The second-order valence-corrected chi connectivity index (χ2v) is 7.88. The molecular formula is C25H25N3O5. The number of aromatic amines is 1. The third-order valence-electron chi connectivity index (χ3n) is 5.65. The number of carbonyl (C=O) groups is 3. The van der Waals surface area contributed by atoms with Crippen LogP contribution in [-0.2, 0) is 9.59 Å². The summed E-state index contributed by atoms with van der Waals surface area (Å²) in [6.07, 6.45) is 0. The van der Waals surface area contributed by atoms with Crippen molar-refractivity contribution >= 4 is 23.3 Å². The molecule has 2 heterocycles. The van der Waals surface area contributed by atoms with E-state index < -0.39 is 24.3 Å². The van der Waals surface area contributed by atoms with E-state index in [-0.39, 0.29) is 0 Å². The van der Waals surface area contributed by atoms with Crippen LogP contribution in [0.4, 0.5) is 5.69 Å². The van der Waals surface area contributed by atoms with Crippen LogP contribution in [0.15, 0.2) is 60.7 Å². The summed E-state index contributed by atoms with van der Waals surface area (Å²) in [5, 5.41) is 8.78. The van der Waals surface area contributed by atoms with Gasteiger partial charge in [0.2, 0.25) is 0 Å². The summed E-state index contributed by atoms with van der Waals surface area (Å²) in [5.74, 6) is -1.58. The molecular weight excluding hydrogens is 422 g/mol. The number of H-pyrrole nitrogens is 1. The van der Waals surface area contributed by atoms with E-state index in [0.29, 0.717) is 43.2 Å². The fraction of sp³-hybridized carbons (Fsp3) is 0.240. The zero-order chi connectivity index (χ0) is 23.4. The molecule has 33 heavy (non-hydrogen) atoms. The first-order chi connectivity index (χ1) is 15.9. The van der Waals surface area contributed by atoms with Gasteiger partial charge < -0.3 is 24.6 Å². The van der Waals surface area contributed by atoms with Crippen LogP contribution < -0.4 is 9.64 Å². The zero-order valence-corrected chi connectivity index (χ0v) is 18.3. The summed E-state index contributed by atoms with van der Waals surface area (Å²) in [6, 6.07) is 18.6. The fourth-order valence-corrected chi connectivity index (χ4v) is 3.91. The molecule has 3 aromatic rings. The highest BCUT2D eigenvalue weighted by molar-refractivity contribution is 6.43. The highest BCUT2D eigenvalue weighted by atomic mass is 16.5. The average molecular weight is 447 g/mol. The number of carboxylic acids is 1. The average Bonchev–Trinajstić information content (AvgIpc) is 3.24. The molecule has 2 N–H and O–H groups in total. The molecule has 0 unspecified atom stereocenters. The maximum atomic E-state index is 12.9. The van der Waals surface area contributed by atoms with Crippen LogP contribution in [0.2, 0.25) is 0 Å². The molecule has 1 amide bonds. The smallest absolute Gasteiger partial charge is 0.341 e.